The van der Waals surface area contributed by atoms with E-state index in [-0.39, 0.29) is 29.6 Å². The van der Waals surface area contributed by atoms with Crippen LogP contribution < -0.4 is 21.5 Å². The first-order valence-electron chi connectivity index (χ1n) is 11.1. The van der Waals surface area contributed by atoms with Crippen LogP contribution in [-0.2, 0) is 24.3 Å². The monoisotopic (exact) mass is 489 g/mol. The van der Waals surface area contributed by atoms with E-state index >= 15 is 0 Å². The molecule has 0 bridgehead atoms. The van der Waals surface area contributed by atoms with Crippen LogP contribution in [-0.4, -0.2) is 27.4 Å². The average molecular weight is 490 g/mol. The van der Waals surface area contributed by atoms with Gasteiger partial charge in [0.25, 0.3) is 11.5 Å². The Kier molecular flexibility index (Phi) is 7.12. The number of amides is 1. The van der Waals surface area contributed by atoms with Crippen molar-refractivity contribution in [2.24, 2.45) is 0 Å². The molecule has 0 radical (unpaired) electrons. The molecule has 1 amide bonds. The Morgan fingerprint density at radius 1 is 1.00 bits per heavy atom. The topological polar surface area (TPSA) is 103 Å². The molecule has 0 saturated carbocycles. The fourth-order valence-corrected chi connectivity index (χ4v) is 3.97. The number of hydroxylamine groups is 1. The number of rotatable bonds is 8. The zero-order valence-corrected chi connectivity index (χ0v) is 19.5. The Hall–Kier alpha value is -4.50. The van der Waals surface area contributed by atoms with Gasteiger partial charge in [0.05, 0.1) is 24.6 Å². The summed E-state index contributed by atoms with van der Waals surface area (Å²) in [5, 5.41) is 9.03. The van der Waals surface area contributed by atoms with Crippen molar-refractivity contribution in [3.63, 3.8) is 0 Å². The molecule has 0 saturated heterocycles. The van der Waals surface area contributed by atoms with Crippen LogP contribution in [0.5, 0.6) is 5.75 Å². The molecule has 36 heavy (non-hydrogen) atoms. The second kappa shape index (κ2) is 10.4. The molecule has 0 aliphatic heterocycles. The van der Waals surface area contributed by atoms with Crippen LogP contribution in [0, 0.1) is 5.82 Å². The lowest BCUT2D eigenvalue weighted by Crippen LogP contribution is -2.40. The molecule has 1 aromatic heterocycles. The van der Waals surface area contributed by atoms with Crippen molar-refractivity contribution < 1.29 is 19.1 Å². The number of carbonyl (C=O) groups is 1. The smallest absolute Gasteiger partial charge is 0.331 e. The molecule has 1 heterocycles. The standard InChI is InChI=1S/C27H24FN3O5/c1-17(25(32)29-35)20-7-3-19(4-8-20)16-31-24-15-21(28)9-12-23(24)26(33)30(27(31)34)14-13-18-5-10-22(36-2)11-6-18/h3-12,15,35H,1,13-14,16H2,2H3,(H,29,32). The van der Waals surface area contributed by atoms with Gasteiger partial charge in [0, 0.05) is 12.1 Å². The van der Waals surface area contributed by atoms with Gasteiger partial charge in [0.1, 0.15) is 11.6 Å². The number of ether oxygens (including phenoxy) is 1. The van der Waals surface area contributed by atoms with E-state index in [1.165, 1.54) is 28.2 Å². The summed E-state index contributed by atoms with van der Waals surface area (Å²) < 4.78 is 21.8. The number of aryl methyl sites for hydroxylation is 1. The third kappa shape index (κ3) is 4.96. The highest BCUT2D eigenvalue weighted by atomic mass is 19.1. The van der Waals surface area contributed by atoms with Crippen LogP contribution in [0.15, 0.2) is 82.9 Å². The van der Waals surface area contributed by atoms with Crippen molar-refractivity contribution in [2.45, 2.75) is 19.5 Å². The number of methoxy groups -OCH3 is 1. The highest BCUT2D eigenvalue weighted by molar-refractivity contribution is 6.18. The summed E-state index contributed by atoms with van der Waals surface area (Å²) in [6.07, 6.45) is 0.440. The van der Waals surface area contributed by atoms with Crippen LogP contribution >= 0.6 is 0 Å². The predicted molar refractivity (Wildman–Crippen MR) is 134 cm³/mol. The highest BCUT2D eigenvalue weighted by Gasteiger charge is 2.15. The number of hydrogen-bond acceptors (Lipinski definition) is 5. The molecule has 4 rings (SSSR count). The summed E-state index contributed by atoms with van der Waals surface area (Å²) in [6.45, 7) is 3.85. The summed E-state index contributed by atoms with van der Waals surface area (Å²) in [5.74, 6) is -0.588. The minimum Gasteiger partial charge on any atom is -0.497 e. The van der Waals surface area contributed by atoms with Crippen LogP contribution in [0.1, 0.15) is 16.7 Å². The molecule has 184 valence electrons. The normalized spacial score (nSPS) is 10.9. The Bertz CT molecular complexity index is 1550. The largest absolute Gasteiger partial charge is 0.497 e. The number of hydrogen-bond donors (Lipinski definition) is 2. The maximum Gasteiger partial charge on any atom is 0.331 e. The molecule has 3 aromatic carbocycles. The SMILES string of the molecule is C=C(C(=O)NO)c1ccc(Cn2c(=O)n(CCc3ccc(OC)cc3)c(=O)c3ccc(F)cc32)cc1. The Balaban J connectivity index is 1.71. The van der Waals surface area contributed by atoms with Crippen molar-refractivity contribution in [3.8, 4) is 5.75 Å². The number of halogens is 1. The molecular weight excluding hydrogens is 465 g/mol. The first-order valence-corrected chi connectivity index (χ1v) is 11.1. The number of fused-ring (bicyclic) bond motifs is 1. The van der Waals surface area contributed by atoms with Crippen molar-refractivity contribution in [2.75, 3.05) is 7.11 Å². The first kappa shape index (κ1) is 24.6. The average Bonchev–Trinajstić information content (AvgIpc) is 2.90. The quantitative estimate of drug-likeness (QED) is 0.225. The van der Waals surface area contributed by atoms with Gasteiger partial charge in [0.2, 0.25) is 0 Å². The van der Waals surface area contributed by atoms with Crippen LogP contribution in [0.25, 0.3) is 16.5 Å². The van der Waals surface area contributed by atoms with Gasteiger partial charge >= 0.3 is 5.69 Å². The van der Waals surface area contributed by atoms with E-state index in [2.05, 4.69) is 6.58 Å². The molecule has 0 atom stereocenters. The van der Waals surface area contributed by atoms with E-state index in [9.17, 15) is 18.8 Å². The summed E-state index contributed by atoms with van der Waals surface area (Å²) in [6, 6.07) is 17.7. The van der Waals surface area contributed by atoms with Gasteiger partial charge in [-0.05, 0) is 53.4 Å². The minimum atomic E-state index is -0.732. The van der Waals surface area contributed by atoms with Crippen LogP contribution in [0.3, 0.4) is 0 Å². The molecule has 0 aliphatic carbocycles. The summed E-state index contributed by atoms with van der Waals surface area (Å²) in [7, 11) is 1.57. The van der Waals surface area contributed by atoms with E-state index in [1.807, 2.05) is 24.3 Å². The van der Waals surface area contributed by atoms with Crippen LogP contribution in [0.4, 0.5) is 4.39 Å². The molecule has 2 N–H and O–H groups in total. The van der Waals surface area contributed by atoms with Gasteiger partial charge in [-0.1, -0.05) is 43.0 Å². The number of nitrogens with one attached hydrogen (secondary N) is 1. The second-order valence-corrected chi connectivity index (χ2v) is 8.20. The number of nitrogens with zero attached hydrogens (tertiary/aromatic N) is 2. The molecule has 0 aliphatic rings. The van der Waals surface area contributed by atoms with E-state index in [4.69, 9.17) is 9.94 Å². The summed E-state index contributed by atoms with van der Waals surface area (Å²) in [5.41, 5.74) is 2.85. The number of aromatic nitrogens is 2. The lowest BCUT2D eigenvalue weighted by atomic mass is 10.0. The van der Waals surface area contributed by atoms with Crippen LogP contribution in [0.2, 0.25) is 0 Å². The Labute approximate surface area is 205 Å². The third-order valence-corrected chi connectivity index (χ3v) is 5.99. The van der Waals surface area contributed by atoms with E-state index in [1.54, 1.807) is 31.4 Å². The lowest BCUT2D eigenvalue weighted by molar-refractivity contribution is -0.123. The molecule has 9 heteroatoms. The molecular formula is C27H24FN3O5. The van der Waals surface area contributed by atoms with Gasteiger partial charge < -0.3 is 4.74 Å². The van der Waals surface area contributed by atoms with Gasteiger partial charge in [0.15, 0.2) is 0 Å². The van der Waals surface area contributed by atoms with E-state index in [0.29, 0.717) is 23.3 Å². The lowest BCUT2D eigenvalue weighted by Gasteiger charge is -2.15. The number of benzene rings is 3. The second-order valence-electron chi connectivity index (χ2n) is 8.20. The number of carbonyl (C=O) groups excluding carboxylic acids is 1. The zero-order chi connectivity index (χ0) is 25.8. The summed E-state index contributed by atoms with van der Waals surface area (Å²) in [4.78, 5) is 38.2. The van der Waals surface area contributed by atoms with E-state index in [0.717, 1.165) is 10.1 Å². The summed E-state index contributed by atoms with van der Waals surface area (Å²) >= 11 is 0. The molecule has 0 fully saturated rings. The highest BCUT2D eigenvalue weighted by Crippen LogP contribution is 2.17. The van der Waals surface area contributed by atoms with Crippen molar-refractivity contribution in [1.29, 1.82) is 0 Å². The third-order valence-electron chi connectivity index (χ3n) is 5.99. The van der Waals surface area contributed by atoms with Gasteiger partial charge in [-0.2, -0.15) is 0 Å². The maximum absolute atomic E-state index is 14.1. The van der Waals surface area contributed by atoms with Gasteiger partial charge in [-0.25, -0.2) is 14.7 Å². The van der Waals surface area contributed by atoms with Crippen molar-refractivity contribution >= 4 is 22.4 Å². The molecule has 0 spiro atoms. The van der Waals surface area contributed by atoms with Crippen molar-refractivity contribution in [1.82, 2.24) is 14.6 Å². The molecule has 4 aromatic rings. The zero-order valence-electron chi connectivity index (χ0n) is 19.5. The fraction of sp³-hybridized carbons (Fsp3) is 0.148. The fourth-order valence-electron chi connectivity index (χ4n) is 3.97. The predicted octanol–water partition coefficient (Wildman–Crippen LogP) is 3.12. The van der Waals surface area contributed by atoms with Gasteiger partial charge in [-0.3, -0.25) is 23.9 Å². The Morgan fingerprint density at radius 2 is 1.67 bits per heavy atom. The van der Waals surface area contributed by atoms with E-state index < -0.39 is 23.0 Å². The van der Waals surface area contributed by atoms with Gasteiger partial charge in [-0.15, -0.1) is 0 Å². The molecule has 0 unspecified atom stereocenters. The maximum atomic E-state index is 14.1. The Morgan fingerprint density at radius 3 is 2.31 bits per heavy atom. The molecule has 8 nitrogen and oxygen atoms in total. The van der Waals surface area contributed by atoms with Crippen molar-refractivity contribution in [3.05, 3.63) is 117 Å². The first-order chi connectivity index (χ1) is 17.3. The minimum absolute atomic E-state index is 0.0700.